The number of aryl methyl sites for hydroxylation is 1. The zero-order chi connectivity index (χ0) is 20.6. The lowest BCUT2D eigenvalue weighted by atomic mass is 10.2. The summed E-state index contributed by atoms with van der Waals surface area (Å²) in [7, 11) is 0. The van der Waals surface area contributed by atoms with Gasteiger partial charge in [-0.25, -0.2) is 0 Å². The van der Waals surface area contributed by atoms with E-state index in [1.54, 1.807) is 30.8 Å². The Morgan fingerprint density at radius 2 is 1.76 bits per heavy atom. The van der Waals surface area contributed by atoms with E-state index < -0.39 is 5.91 Å². The fraction of sp³-hybridized carbons (Fsp3) is 0.0435. The van der Waals surface area contributed by atoms with Crippen LogP contribution >= 0.6 is 11.8 Å². The Morgan fingerprint density at radius 1 is 1.03 bits per heavy atom. The molecule has 144 valence electrons. The quantitative estimate of drug-likeness (QED) is 0.296. The van der Waals surface area contributed by atoms with E-state index in [9.17, 15) is 15.2 Å². The SMILES string of the molecule is Cc1cc(O)ccc1NC(=O)/C(C#N)=C\Nc1ccccc1Sc1ccccc1. The molecule has 0 spiro atoms. The Bertz CT molecular complexity index is 1090. The zero-order valence-corrected chi connectivity index (χ0v) is 16.5. The van der Waals surface area contributed by atoms with Crippen molar-refractivity contribution in [3.8, 4) is 11.8 Å². The predicted molar refractivity (Wildman–Crippen MR) is 116 cm³/mol. The van der Waals surface area contributed by atoms with Gasteiger partial charge in [-0.2, -0.15) is 5.26 Å². The number of benzene rings is 3. The van der Waals surface area contributed by atoms with Crippen LogP contribution < -0.4 is 10.6 Å². The summed E-state index contributed by atoms with van der Waals surface area (Å²) in [5, 5.41) is 24.6. The second-order valence-electron chi connectivity index (χ2n) is 6.18. The molecule has 0 radical (unpaired) electrons. The lowest BCUT2D eigenvalue weighted by molar-refractivity contribution is -0.112. The van der Waals surface area contributed by atoms with E-state index in [1.165, 1.54) is 12.3 Å². The second kappa shape index (κ2) is 9.49. The fourth-order valence-electron chi connectivity index (χ4n) is 2.57. The largest absolute Gasteiger partial charge is 0.508 e. The van der Waals surface area contributed by atoms with Gasteiger partial charge in [-0.1, -0.05) is 42.1 Å². The molecule has 0 unspecified atom stereocenters. The minimum Gasteiger partial charge on any atom is -0.508 e. The number of anilines is 2. The van der Waals surface area contributed by atoms with Gasteiger partial charge in [0.05, 0.1) is 5.69 Å². The normalized spacial score (nSPS) is 10.8. The number of phenolic OH excluding ortho intramolecular Hbond substituents is 1. The van der Waals surface area contributed by atoms with Crippen LogP contribution in [0.15, 0.2) is 94.4 Å². The van der Waals surface area contributed by atoms with Gasteiger partial charge in [-0.3, -0.25) is 4.79 Å². The molecular weight excluding hydrogens is 382 g/mol. The van der Waals surface area contributed by atoms with E-state index in [0.717, 1.165) is 15.5 Å². The molecule has 3 N–H and O–H groups in total. The predicted octanol–water partition coefficient (Wildman–Crippen LogP) is 5.31. The molecule has 0 aliphatic heterocycles. The van der Waals surface area contributed by atoms with E-state index in [0.29, 0.717) is 11.3 Å². The van der Waals surface area contributed by atoms with Crippen LogP contribution in [0.3, 0.4) is 0 Å². The highest BCUT2D eigenvalue weighted by atomic mass is 32.2. The molecule has 0 aromatic heterocycles. The van der Waals surface area contributed by atoms with E-state index in [-0.39, 0.29) is 11.3 Å². The number of nitriles is 1. The molecule has 6 heteroatoms. The van der Waals surface area contributed by atoms with Gasteiger partial charge in [0, 0.05) is 21.7 Å². The molecule has 0 aliphatic rings. The van der Waals surface area contributed by atoms with Gasteiger partial charge in [0.2, 0.25) is 0 Å². The molecule has 0 atom stereocenters. The molecule has 3 aromatic carbocycles. The van der Waals surface area contributed by atoms with Crippen LogP contribution in [0.1, 0.15) is 5.56 Å². The van der Waals surface area contributed by atoms with Gasteiger partial charge >= 0.3 is 0 Å². The molecule has 29 heavy (non-hydrogen) atoms. The van der Waals surface area contributed by atoms with Gasteiger partial charge in [0.1, 0.15) is 17.4 Å². The maximum absolute atomic E-state index is 12.5. The number of phenols is 1. The van der Waals surface area contributed by atoms with Gasteiger partial charge in [0.25, 0.3) is 5.91 Å². The van der Waals surface area contributed by atoms with Gasteiger partial charge < -0.3 is 15.7 Å². The third-order valence-corrected chi connectivity index (χ3v) is 5.14. The first-order chi connectivity index (χ1) is 14.1. The van der Waals surface area contributed by atoms with Crippen molar-refractivity contribution in [3.63, 3.8) is 0 Å². The van der Waals surface area contributed by atoms with Gasteiger partial charge in [0.15, 0.2) is 0 Å². The molecule has 3 aromatic rings. The first-order valence-corrected chi connectivity index (χ1v) is 9.68. The van der Waals surface area contributed by atoms with Crippen molar-refractivity contribution in [2.45, 2.75) is 16.7 Å². The maximum atomic E-state index is 12.5. The summed E-state index contributed by atoms with van der Waals surface area (Å²) in [4.78, 5) is 14.5. The van der Waals surface area contributed by atoms with Crippen molar-refractivity contribution >= 4 is 29.0 Å². The van der Waals surface area contributed by atoms with E-state index in [1.807, 2.05) is 60.7 Å². The number of amides is 1. The van der Waals surface area contributed by atoms with Crippen LogP contribution in [0, 0.1) is 18.3 Å². The van der Waals surface area contributed by atoms with E-state index in [4.69, 9.17) is 0 Å². The lowest BCUT2D eigenvalue weighted by Gasteiger charge is -2.10. The minimum atomic E-state index is -0.526. The number of rotatable bonds is 6. The Kier molecular flexibility index (Phi) is 6.56. The fourth-order valence-corrected chi connectivity index (χ4v) is 3.50. The van der Waals surface area contributed by atoms with Crippen molar-refractivity contribution in [2.24, 2.45) is 0 Å². The van der Waals surface area contributed by atoms with Crippen LogP contribution in [0.5, 0.6) is 5.75 Å². The molecule has 0 heterocycles. The van der Waals surface area contributed by atoms with Crippen molar-refractivity contribution in [1.29, 1.82) is 5.26 Å². The highest BCUT2D eigenvalue weighted by Gasteiger charge is 2.11. The highest BCUT2D eigenvalue weighted by molar-refractivity contribution is 7.99. The second-order valence-corrected chi connectivity index (χ2v) is 7.29. The van der Waals surface area contributed by atoms with Crippen LogP contribution in [0.4, 0.5) is 11.4 Å². The van der Waals surface area contributed by atoms with Crippen molar-refractivity contribution in [2.75, 3.05) is 10.6 Å². The summed E-state index contributed by atoms with van der Waals surface area (Å²) < 4.78 is 0. The molecule has 3 rings (SSSR count). The molecule has 1 amide bonds. The van der Waals surface area contributed by atoms with Crippen molar-refractivity contribution < 1.29 is 9.90 Å². The van der Waals surface area contributed by atoms with Gasteiger partial charge in [-0.15, -0.1) is 0 Å². The van der Waals surface area contributed by atoms with E-state index in [2.05, 4.69) is 10.6 Å². The number of carbonyl (C=O) groups is 1. The smallest absolute Gasteiger partial charge is 0.267 e. The van der Waals surface area contributed by atoms with Crippen LogP contribution in [-0.2, 0) is 4.79 Å². The standard InChI is InChI=1S/C23H19N3O2S/c1-16-13-18(27)11-12-20(16)26-23(28)17(14-24)15-25-21-9-5-6-10-22(21)29-19-7-3-2-4-8-19/h2-13,15,25,27H,1H3,(H,26,28)/b17-15-. The monoisotopic (exact) mass is 401 g/mol. The van der Waals surface area contributed by atoms with Gasteiger partial charge in [-0.05, 0) is 55.0 Å². The number of nitrogens with zero attached hydrogens (tertiary/aromatic N) is 1. The molecule has 0 bridgehead atoms. The van der Waals surface area contributed by atoms with Crippen molar-refractivity contribution in [3.05, 3.63) is 90.1 Å². The van der Waals surface area contributed by atoms with E-state index >= 15 is 0 Å². The number of hydrogen-bond acceptors (Lipinski definition) is 5. The number of nitrogens with one attached hydrogen (secondary N) is 2. The Balaban J connectivity index is 1.75. The number of hydrogen-bond donors (Lipinski definition) is 3. The third-order valence-electron chi connectivity index (χ3n) is 4.05. The number of carbonyl (C=O) groups excluding carboxylic acids is 1. The summed E-state index contributed by atoms with van der Waals surface area (Å²) in [5.74, 6) is -0.410. The summed E-state index contributed by atoms with van der Waals surface area (Å²) in [5.41, 5.74) is 1.97. The van der Waals surface area contributed by atoms with Crippen LogP contribution in [0.25, 0.3) is 0 Å². The molecule has 5 nitrogen and oxygen atoms in total. The first-order valence-electron chi connectivity index (χ1n) is 8.86. The maximum Gasteiger partial charge on any atom is 0.267 e. The Morgan fingerprint density at radius 3 is 2.48 bits per heavy atom. The summed E-state index contributed by atoms with van der Waals surface area (Å²) in [6, 6.07) is 24.2. The zero-order valence-electron chi connectivity index (χ0n) is 15.7. The average Bonchev–Trinajstić information content (AvgIpc) is 2.72. The average molecular weight is 401 g/mol. The number of aromatic hydroxyl groups is 1. The Hall–Kier alpha value is -3.69. The summed E-state index contributed by atoms with van der Waals surface area (Å²) in [6.45, 7) is 1.76. The van der Waals surface area contributed by atoms with Crippen molar-refractivity contribution in [1.82, 2.24) is 0 Å². The highest BCUT2D eigenvalue weighted by Crippen LogP contribution is 2.33. The lowest BCUT2D eigenvalue weighted by Crippen LogP contribution is -2.15. The summed E-state index contributed by atoms with van der Waals surface area (Å²) in [6.07, 6.45) is 1.40. The molecule has 0 saturated heterocycles. The third kappa shape index (κ3) is 5.41. The Labute approximate surface area is 173 Å². The summed E-state index contributed by atoms with van der Waals surface area (Å²) >= 11 is 1.59. The van der Waals surface area contributed by atoms with Crippen LogP contribution in [-0.4, -0.2) is 11.0 Å². The molecular formula is C23H19N3O2S. The topological polar surface area (TPSA) is 85.2 Å². The van der Waals surface area contributed by atoms with Crippen LogP contribution in [0.2, 0.25) is 0 Å². The minimum absolute atomic E-state index is 0.0583. The molecule has 0 saturated carbocycles. The molecule has 0 aliphatic carbocycles. The first kappa shape index (κ1) is 20.1. The molecule has 0 fully saturated rings. The number of para-hydroxylation sites is 1.